The second-order valence-corrected chi connectivity index (χ2v) is 7.95. The second kappa shape index (κ2) is 9.58. The summed E-state index contributed by atoms with van der Waals surface area (Å²) in [4.78, 5) is 11.9. The maximum absolute atomic E-state index is 11.9. The van der Waals surface area contributed by atoms with Crippen LogP contribution in [0, 0.1) is 0 Å². The van der Waals surface area contributed by atoms with E-state index in [-0.39, 0.29) is 5.91 Å². The Morgan fingerprint density at radius 3 is 2.00 bits per heavy atom. The Morgan fingerprint density at radius 1 is 1.00 bits per heavy atom. The summed E-state index contributed by atoms with van der Waals surface area (Å²) in [6.45, 7) is 1.95. The molecule has 0 aromatic rings. The molecule has 1 amide bonds. The predicted octanol–water partition coefficient (Wildman–Crippen LogP) is 3.85. The quantitative estimate of drug-likeness (QED) is 0.684. The van der Waals surface area contributed by atoms with Gasteiger partial charge in [-0.2, -0.15) is 0 Å². The zero-order chi connectivity index (χ0) is 16.5. The van der Waals surface area contributed by atoms with Gasteiger partial charge in [-0.25, -0.2) is 0 Å². The van der Waals surface area contributed by atoms with Crippen molar-refractivity contribution in [2.75, 3.05) is 6.26 Å². The Hall–Kier alpha value is -0.680. The third kappa shape index (κ3) is 6.38. The summed E-state index contributed by atoms with van der Waals surface area (Å²) < 4.78 is 0. The monoisotopic (exact) mass is 339 g/mol. The molecule has 0 spiro atoms. The van der Waals surface area contributed by atoms with Crippen LogP contribution in [0.15, 0.2) is 11.8 Å². The van der Waals surface area contributed by atoms with Crippen LogP contribution in [0.1, 0.15) is 77.6 Å². The van der Waals surface area contributed by atoms with Crippen LogP contribution in [-0.4, -0.2) is 23.3 Å². The van der Waals surface area contributed by atoms with Gasteiger partial charge in [0.05, 0.1) is 0 Å². The zero-order valence-corrected chi connectivity index (χ0v) is 15.6. The molecule has 0 aromatic carbocycles. The van der Waals surface area contributed by atoms with Crippen LogP contribution < -0.4 is 16.0 Å². The third-order valence-corrected chi connectivity index (χ3v) is 5.77. The lowest BCUT2D eigenvalue weighted by molar-refractivity contribution is -0.118. The van der Waals surface area contributed by atoms with Crippen molar-refractivity contribution < 1.29 is 4.79 Å². The summed E-state index contributed by atoms with van der Waals surface area (Å²) in [5.41, 5.74) is 0.920. The minimum atomic E-state index is -0.558. The van der Waals surface area contributed by atoms with E-state index in [1.807, 2.05) is 13.2 Å². The molecule has 0 aromatic heterocycles. The van der Waals surface area contributed by atoms with Crippen molar-refractivity contribution in [3.05, 3.63) is 11.8 Å². The highest BCUT2D eigenvalue weighted by molar-refractivity contribution is 7.99. The number of hydrogen-bond donors (Lipinski definition) is 3. The molecule has 0 bridgehead atoms. The second-order valence-electron chi connectivity index (χ2n) is 6.93. The van der Waals surface area contributed by atoms with Gasteiger partial charge in [0.25, 0.3) is 0 Å². The van der Waals surface area contributed by atoms with E-state index in [2.05, 4.69) is 16.0 Å². The molecule has 4 nitrogen and oxygen atoms in total. The molecule has 1 aliphatic heterocycles. The average Bonchev–Trinajstić information content (AvgIpc) is 2.49. The number of carbonyl (C=O) groups excluding carboxylic acids is 1. The normalized spacial score (nSPS) is 28.8. The van der Waals surface area contributed by atoms with Gasteiger partial charge in [-0.1, -0.05) is 69.5 Å². The Kier molecular flexibility index (Phi) is 7.77. The van der Waals surface area contributed by atoms with Crippen molar-refractivity contribution >= 4 is 17.7 Å². The van der Waals surface area contributed by atoms with Gasteiger partial charge in [0, 0.05) is 17.8 Å². The van der Waals surface area contributed by atoms with E-state index in [1.54, 1.807) is 17.8 Å². The first-order valence-electron chi connectivity index (χ1n) is 9.25. The van der Waals surface area contributed by atoms with Gasteiger partial charge in [-0.3, -0.25) is 10.1 Å². The SMILES string of the molecule is CS[C@@]1(NC2CCCCCCCCCCC2)NC(=O)C=C(C)N1. The molecule has 1 heterocycles. The van der Waals surface area contributed by atoms with E-state index in [0.717, 1.165) is 5.70 Å². The van der Waals surface area contributed by atoms with Crippen LogP contribution in [0.4, 0.5) is 0 Å². The standard InChI is InChI=1S/C18H33N3OS/c1-15-14-17(22)21-18(19-15,23-2)20-16-12-10-8-6-4-3-5-7-9-11-13-16/h14,16,19-20H,3-13H2,1-2H3,(H,21,22)/t18-/m0/s1. The number of nitrogens with one attached hydrogen (secondary N) is 3. The van der Waals surface area contributed by atoms with Crippen molar-refractivity contribution in [3.63, 3.8) is 0 Å². The zero-order valence-electron chi connectivity index (χ0n) is 14.7. The number of hydrogen-bond acceptors (Lipinski definition) is 4. The Labute approximate surface area is 145 Å². The van der Waals surface area contributed by atoms with E-state index in [1.165, 1.54) is 70.6 Å². The highest BCUT2D eigenvalue weighted by Gasteiger charge is 2.35. The van der Waals surface area contributed by atoms with Crippen LogP contribution in [0.3, 0.4) is 0 Å². The number of allylic oxidation sites excluding steroid dienone is 1. The van der Waals surface area contributed by atoms with Crippen molar-refractivity contribution in [1.29, 1.82) is 0 Å². The Bertz CT molecular complexity index is 401. The number of carbonyl (C=O) groups is 1. The fourth-order valence-corrected chi connectivity index (χ4v) is 4.33. The summed E-state index contributed by atoms with van der Waals surface area (Å²) >= 11 is 1.63. The maximum atomic E-state index is 11.9. The van der Waals surface area contributed by atoms with E-state index in [4.69, 9.17) is 0 Å². The summed E-state index contributed by atoms with van der Waals surface area (Å²) in [6, 6.07) is 0.459. The van der Waals surface area contributed by atoms with Crippen LogP contribution in [0.2, 0.25) is 0 Å². The van der Waals surface area contributed by atoms with Crippen LogP contribution in [0.5, 0.6) is 0 Å². The fraction of sp³-hybridized carbons (Fsp3) is 0.833. The van der Waals surface area contributed by atoms with Crippen LogP contribution >= 0.6 is 11.8 Å². The minimum absolute atomic E-state index is 0.0174. The smallest absolute Gasteiger partial charge is 0.249 e. The van der Waals surface area contributed by atoms with Crippen molar-refractivity contribution in [2.24, 2.45) is 0 Å². The molecular weight excluding hydrogens is 306 g/mol. The summed E-state index contributed by atoms with van der Waals surface area (Å²) in [7, 11) is 0. The molecule has 1 atom stereocenters. The molecule has 1 fully saturated rings. The molecule has 2 rings (SSSR count). The predicted molar refractivity (Wildman–Crippen MR) is 99.0 cm³/mol. The topological polar surface area (TPSA) is 53.2 Å². The molecule has 1 saturated carbocycles. The first-order chi connectivity index (χ1) is 11.1. The highest BCUT2D eigenvalue weighted by Crippen LogP contribution is 2.23. The Balaban J connectivity index is 1.95. The van der Waals surface area contributed by atoms with Gasteiger partial charge in [-0.05, 0) is 26.0 Å². The molecular formula is C18H33N3OS. The first-order valence-corrected chi connectivity index (χ1v) is 10.5. The summed E-state index contributed by atoms with van der Waals surface area (Å²) in [5.74, 6) is -0.0174. The van der Waals surface area contributed by atoms with E-state index in [9.17, 15) is 4.79 Å². The van der Waals surface area contributed by atoms with Gasteiger partial charge in [-0.15, -0.1) is 0 Å². The van der Waals surface area contributed by atoms with E-state index >= 15 is 0 Å². The molecule has 2 aliphatic rings. The lowest BCUT2D eigenvalue weighted by atomic mass is 9.98. The van der Waals surface area contributed by atoms with Crippen molar-refractivity contribution in [1.82, 2.24) is 16.0 Å². The minimum Gasteiger partial charge on any atom is -0.345 e. The largest absolute Gasteiger partial charge is 0.345 e. The van der Waals surface area contributed by atoms with Gasteiger partial charge >= 0.3 is 0 Å². The van der Waals surface area contributed by atoms with Crippen LogP contribution in [0.25, 0.3) is 0 Å². The fourth-order valence-electron chi connectivity index (χ4n) is 3.58. The highest BCUT2D eigenvalue weighted by atomic mass is 32.2. The first kappa shape index (κ1) is 18.7. The number of thioether (sulfide) groups is 1. The van der Waals surface area contributed by atoms with Crippen LogP contribution in [-0.2, 0) is 4.79 Å². The maximum Gasteiger partial charge on any atom is 0.249 e. The van der Waals surface area contributed by atoms with Gasteiger partial charge in [0.15, 0.2) is 0 Å². The van der Waals surface area contributed by atoms with E-state index < -0.39 is 5.12 Å². The number of amides is 1. The number of rotatable bonds is 3. The molecule has 132 valence electrons. The molecule has 3 N–H and O–H groups in total. The van der Waals surface area contributed by atoms with Gasteiger partial charge in [0.1, 0.15) is 0 Å². The van der Waals surface area contributed by atoms with E-state index in [0.29, 0.717) is 6.04 Å². The third-order valence-electron chi connectivity index (χ3n) is 4.84. The lowest BCUT2D eigenvalue weighted by Crippen LogP contribution is -2.68. The molecule has 1 aliphatic carbocycles. The molecule has 5 heteroatoms. The molecule has 0 saturated heterocycles. The summed E-state index contributed by atoms with van der Waals surface area (Å²) in [5, 5.41) is 9.65. The van der Waals surface area contributed by atoms with Crippen molar-refractivity contribution in [3.8, 4) is 0 Å². The average molecular weight is 340 g/mol. The lowest BCUT2D eigenvalue weighted by Gasteiger charge is -2.41. The molecule has 23 heavy (non-hydrogen) atoms. The van der Waals surface area contributed by atoms with Gasteiger partial charge in [0.2, 0.25) is 11.0 Å². The van der Waals surface area contributed by atoms with Crippen molar-refractivity contribution in [2.45, 2.75) is 88.7 Å². The summed E-state index contributed by atoms with van der Waals surface area (Å²) in [6.07, 6.45) is 18.2. The molecule has 0 unspecified atom stereocenters. The Morgan fingerprint density at radius 2 is 1.52 bits per heavy atom. The molecule has 0 radical (unpaired) electrons. The van der Waals surface area contributed by atoms with Gasteiger partial charge < -0.3 is 10.6 Å².